The summed E-state index contributed by atoms with van der Waals surface area (Å²) < 4.78 is 7.47. The van der Waals surface area contributed by atoms with E-state index in [-0.39, 0.29) is 0 Å². The van der Waals surface area contributed by atoms with Crippen LogP contribution in [0.4, 0.5) is 5.82 Å². The Labute approximate surface area is 160 Å². The zero-order valence-corrected chi connectivity index (χ0v) is 16.3. The molecular formula is C17H22N6OS2+2. The average Bonchev–Trinajstić information content (AvgIpc) is 3.22. The summed E-state index contributed by atoms with van der Waals surface area (Å²) in [4.78, 5) is 12.0. The van der Waals surface area contributed by atoms with Crippen LogP contribution in [0.2, 0.25) is 0 Å². The Morgan fingerprint density at radius 3 is 2.88 bits per heavy atom. The molecule has 1 aliphatic rings. The lowest BCUT2D eigenvalue weighted by molar-refractivity contribution is -0.924. The standard InChI is InChI=1S/C17H20N6OS2/c1-13-19-14(11-26-13)10-16-20-23(17(25)24-16)12-21-6-8-22(9-7-21)15-4-2-3-5-18-15/h2-5,11H,6-10,12H2,1H3/p+2. The summed E-state index contributed by atoms with van der Waals surface area (Å²) in [6.45, 7) is 6.83. The number of hydrogen-bond acceptors (Lipinski definition) is 6. The molecule has 0 spiro atoms. The van der Waals surface area contributed by atoms with Crippen molar-refractivity contribution in [1.29, 1.82) is 0 Å². The molecule has 0 radical (unpaired) electrons. The number of nitrogens with zero attached hydrogens (tertiary/aromatic N) is 4. The van der Waals surface area contributed by atoms with Gasteiger partial charge in [0.25, 0.3) is 10.7 Å². The van der Waals surface area contributed by atoms with Crippen LogP contribution in [-0.4, -0.2) is 40.9 Å². The van der Waals surface area contributed by atoms with Crippen molar-refractivity contribution in [2.45, 2.75) is 20.0 Å². The molecule has 7 nitrogen and oxygen atoms in total. The van der Waals surface area contributed by atoms with Crippen LogP contribution >= 0.6 is 23.6 Å². The van der Waals surface area contributed by atoms with Gasteiger partial charge in [-0.2, -0.15) is 4.68 Å². The van der Waals surface area contributed by atoms with Crippen LogP contribution in [0.15, 0.2) is 34.2 Å². The molecule has 0 saturated carbocycles. The Morgan fingerprint density at radius 1 is 1.35 bits per heavy atom. The lowest BCUT2D eigenvalue weighted by atomic mass is 10.3. The molecule has 0 unspecified atom stereocenters. The molecule has 1 aliphatic heterocycles. The molecule has 1 saturated heterocycles. The highest BCUT2D eigenvalue weighted by Crippen LogP contribution is 2.12. The number of aromatic amines is 1. The van der Waals surface area contributed by atoms with E-state index in [0.717, 1.165) is 43.5 Å². The normalized spacial score (nSPS) is 15.5. The summed E-state index contributed by atoms with van der Waals surface area (Å²) in [6.07, 6.45) is 2.56. The van der Waals surface area contributed by atoms with Gasteiger partial charge in [0.15, 0.2) is 6.67 Å². The maximum atomic E-state index is 5.66. The number of pyridine rings is 1. The van der Waals surface area contributed by atoms with Crippen LogP contribution in [0.5, 0.6) is 0 Å². The quantitative estimate of drug-likeness (QED) is 0.651. The number of quaternary nitrogens is 1. The maximum Gasteiger partial charge on any atom is 0.291 e. The van der Waals surface area contributed by atoms with Crippen LogP contribution in [0.3, 0.4) is 0 Å². The van der Waals surface area contributed by atoms with E-state index >= 15 is 0 Å². The topological polar surface area (TPSA) is 65.7 Å². The molecule has 3 aromatic heterocycles. The van der Waals surface area contributed by atoms with Crippen molar-refractivity contribution in [3.05, 3.63) is 51.2 Å². The predicted molar refractivity (Wildman–Crippen MR) is 101 cm³/mol. The Bertz CT molecular complexity index is 911. The van der Waals surface area contributed by atoms with Gasteiger partial charge in [-0.05, 0) is 25.2 Å². The molecule has 0 aromatic carbocycles. The van der Waals surface area contributed by atoms with E-state index in [1.807, 2.05) is 29.2 Å². The van der Waals surface area contributed by atoms with E-state index in [9.17, 15) is 0 Å². The summed E-state index contributed by atoms with van der Waals surface area (Å²) in [5.74, 6) is 1.81. The Hall–Kier alpha value is -2.10. The van der Waals surface area contributed by atoms with Crippen molar-refractivity contribution in [3.8, 4) is 0 Å². The summed E-state index contributed by atoms with van der Waals surface area (Å²) in [5, 5.41) is 7.65. The van der Waals surface area contributed by atoms with E-state index in [0.29, 0.717) is 17.1 Å². The minimum Gasteiger partial charge on any atom is -0.413 e. The Balaban J connectivity index is 1.35. The summed E-state index contributed by atoms with van der Waals surface area (Å²) in [5.41, 5.74) is 0.982. The van der Waals surface area contributed by atoms with Gasteiger partial charge >= 0.3 is 0 Å². The van der Waals surface area contributed by atoms with Crippen molar-refractivity contribution in [2.75, 3.05) is 31.1 Å². The minimum absolute atomic E-state index is 0.443. The van der Waals surface area contributed by atoms with E-state index in [2.05, 4.69) is 32.1 Å². The zero-order chi connectivity index (χ0) is 17.9. The fourth-order valence-corrected chi connectivity index (χ4v) is 3.99. The largest absolute Gasteiger partial charge is 0.413 e. The molecule has 2 N–H and O–H groups in total. The predicted octanol–water partition coefficient (Wildman–Crippen LogP) is 0.738. The second-order valence-electron chi connectivity index (χ2n) is 6.44. The van der Waals surface area contributed by atoms with Gasteiger partial charge in [0.05, 0.1) is 23.3 Å². The number of anilines is 1. The molecule has 0 atom stereocenters. The van der Waals surface area contributed by atoms with Crippen molar-refractivity contribution in [3.63, 3.8) is 0 Å². The third kappa shape index (κ3) is 4.00. The van der Waals surface area contributed by atoms with Gasteiger partial charge in [0.2, 0.25) is 5.89 Å². The molecule has 1 fully saturated rings. The lowest BCUT2D eigenvalue weighted by Gasteiger charge is -2.27. The Kier molecular flexibility index (Phi) is 5.09. The molecule has 9 heteroatoms. The summed E-state index contributed by atoms with van der Waals surface area (Å²) in [7, 11) is 0. The fourth-order valence-electron chi connectivity index (χ4n) is 3.18. The summed E-state index contributed by atoms with van der Waals surface area (Å²) in [6, 6.07) is 6.18. The monoisotopic (exact) mass is 390 g/mol. The lowest BCUT2D eigenvalue weighted by Crippen LogP contribution is -3.14. The highest BCUT2D eigenvalue weighted by atomic mass is 32.1. The average molecular weight is 391 g/mol. The molecule has 0 amide bonds. The van der Waals surface area contributed by atoms with Gasteiger partial charge in [0, 0.05) is 11.4 Å². The number of hydrogen-bond donors (Lipinski definition) is 1. The molecule has 0 bridgehead atoms. The molecule has 3 aromatic rings. The molecule has 0 aliphatic carbocycles. The van der Waals surface area contributed by atoms with Crippen molar-refractivity contribution in [2.24, 2.45) is 0 Å². The number of piperazine rings is 1. The first kappa shape index (κ1) is 17.3. The molecule has 136 valence electrons. The molecular weight excluding hydrogens is 368 g/mol. The number of nitrogens with one attached hydrogen (secondary N) is 2. The van der Waals surface area contributed by atoms with Gasteiger partial charge in [-0.3, -0.25) is 4.90 Å². The SMILES string of the molecule is Cc1nc(Cc2nn(C[NH+]3CCN(c4cccc[nH+]4)CC3)c(=S)o2)cs1. The van der Waals surface area contributed by atoms with Gasteiger partial charge in [-0.25, -0.2) is 9.97 Å². The van der Waals surface area contributed by atoms with Gasteiger partial charge in [0.1, 0.15) is 26.2 Å². The molecule has 26 heavy (non-hydrogen) atoms. The van der Waals surface area contributed by atoms with Crippen LogP contribution in [0, 0.1) is 11.8 Å². The summed E-state index contributed by atoms with van der Waals surface area (Å²) >= 11 is 6.99. The van der Waals surface area contributed by atoms with Gasteiger partial charge < -0.3 is 9.32 Å². The first-order chi connectivity index (χ1) is 12.7. The molecule has 4 rings (SSSR count). The van der Waals surface area contributed by atoms with E-state index in [1.54, 1.807) is 11.3 Å². The maximum absolute atomic E-state index is 5.66. The third-order valence-electron chi connectivity index (χ3n) is 4.52. The first-order valence-corrected chi connectivity index (χ1v) is 9.99. The highest BCUT2D eigenvalue weighted by molar-refractivity contribution is 7.71. The van der Waals surface area contributed by atoms with Gasteiger partial charge in [-0.15, -0.1) is 16.4 Å². The number of rotatable bonds is 5. The number of aryl methyl sites for hydroxylation is 1. The number of H-pyrrole nitrogens is 1. The van der Waals surface area contributed by atoms with Crippen molar-refractivity contribution in [1.82, 2.24) is 14.8 Å². The third-order valence-corrected chi connectivity index (χ3v) is 5.64. The first-order valence-electron chi connectivity index (χ1n) is 8.70. The van der Waals surface area contributed by atoms with Crippen molar-refractivity contribution >= 4 is 29.4 Å². The fraction of sp³-hybridized carbons (Fsp3) is 0.412. The second-order valence-corrected chi connectivity index (χ2v) is 7.85. The second kappa shape index (κ2) is 7.65. The van der Waals surface area contributed by atoms with Gasteiger partial charge in [-0.1, -0.05) is 6.07 Å². The van der Waals surface area contributed by atoms with E-state index in [1.165, 1.54) is 10.7 Å². The van der Waals surface area contributed by atoms with Crippen LogP contribution in [0.25, 0.3) is 0 Å². The van der Waals surface area contributed by atoms with Crippen LogP contribution in [-0.2, 0) is 13.1 Å². The molecule has 4 heterocycles. The van der Waals surface area contributed by atoms with E-state index in [4.69, 9.17) is 16.6 Å². The van der Waals surface area contributed by atoms with Crippen molar-refractivity contribution < 1.29 is 14.3 Å². The Morgan fingerprint density at radius 2 is 2.19 bits per heavy atom. The smallest absolute Gasteiger partial charge is 0.291 e. The number of aromatic nitrogens is 4. The van der Waals surface area contributed by atoms with Crippen LogP contribution in [0.1, 0.15) is 16.6 Å². The minimum atomic E-state index is 0.443. The number of thiazole rings is 1. The zero-order valence-electron chi connectivity index (χ0n) is 14.6. The van der Waals surface area contributed by atoms with E-state index < -0.39 is 0 Å². The highest BCUT2D eigenvalue weighted by Gasteiger charge is 2.26. The van der Waals surface area contributed by atoms with Crippen LogP contribution < -0.4 is 14.8 Å².